The van der Waals surface area contributed by atoms with Crippen LogP contribution >= 0.6 is 0 Å². The van der Waals surface area contributed by atoms with Gasteiger partial charge in [0.15, 0.2) is 0 Å². The molecular weight excluding hydrogens is 276 g/mol. The van der Waals surface area contributed by atoms with Crippen LogP contribution in [0.3, 0.4) is 0 Å². The van der Waals surface area contributed by atoms with Crippen LogP contribution in [0.25, 0.3) is 0 Å². The Morgan fingerprint density at radius 2 is 1.59 bits per heavy atom. The highest BCUT2D eigenvalue weighted by atomic mass is 16.5. The normalized spacial score (nSPS) is 27.5. The highest BCUT2D eigenvalue weighted by molar-refractivity contribution is 4.82. The van der Waals surface area contributed by atoms with Crippen molar-refractivity contribution in [2.45, 2.75) is 77.7 Å². The molecule has 2 aliphatic rings. The van der Waals surface area contributed by atoms with E-state index >= 15 is 0 Å². The number of rotatable bonds is 9. The molecule has 0 atom stereocenters. The molecule has 0 amide bonds. The van der Waals surface area contributed by atoms with Gasteiger partial charge < -0.3 is 9.47 Å². The first-order chi connectivity index (χ1) is 10.6. The van der Waals surface area contributed by atoms with Crippen LogP contribution < -0.4 is 0 Å². The Bertz CT molecular complexity index is 293. The molecule has 0 N–H and O–H groups in total. The molecule has 0 radical (unpaired) electrons. The van der Waals surface area contributed by atoms with Crippen LogP contribution in [-0.2, 0) is 9.47 Å². The summed E-state index contributed by atoms with van der Waals surface area (Å²) in [6.07, 6.45) is 5.95. The average molecular weight is 312 g/mol. The van der Waals surface area contributed by atoms with E-state index in [1.807, 2.05) is 0 Å². The molecule has 0 aromatic rings. The van der Waals surface area contributed by atoms with Crippen LogP contribution in [0.5, 0.6) is 0 Å². The minimum atomic E-state index is 0.345. The topological polar surface area (TPSA) is 24.9 Å². The SMILES string of the molecule is CCC(CC)N1CCN(CCOC2CC(OC(C)C)C2)CC1. The van der Waals surface area contributed by atoms with Gasteiger partial charge in [0.2, 0.25) is 0 Å². The van der Waals surface area contributed by atoms with Crippen LogP contribution in [0, 0.1) is 0 Å². The van der Waals surface area contributed by atoms with Gasteiger partial charge in [-0.25, -0.2) is 0 Å². The van der Waals surface area contributed by atoms with Gasteiger partial charge in [0.1, 0.15) is 0 Å². The van der Waals surface area contributed by atoms with E-state index in [4.69, 9.17) is 9.47 Å². The number of hydrogen-bond acceptors (Lipinski definition) is 4. The molecule has 130 valence electrons. The van der Waals surface area contributed by atoms with E-state index in [1.54, 1.807) is 0 Å². The Kier molecular flexibility index (Phi) is 7.61. The summed E-state index contributed by atoms with van der Waals surface area (Å²) in [4.78, 5) is 5.22. The van der Waals surface area contributed by atoms with Crippen LogP contribution in [0.15, 0.2) is 0 Å². The molecule has 0 bridgehead atoms. The quantitative estimate of drug-likeness (QED) is 0.653. The van der Waals surface area contributed by atoms with E-state index in [0.29, 0.717) is 18.3 Å². The molecular formula is C18H36N2O2. The summed E-state index contributed by atoms with van der Waals surface area (Å²) < 4.78 is 11.7. The van der Waals surface area contributed by atoms with Crippen molar-refractivity contribution >= 4 is 0 Å². The van der Waals surface area contributed by atoms with E-state index in [1.165, 1.54) is 39.0 Å². The third-order valence-corrected chi connectivity index (χ3v) is 5.14. The van der Waals surface area contributed by atoms with E-state index in [-0.39, 0.29) is 0 Å². The fourth-order valence-electron chi connectivity index (χ4n) is 3.66. The van der Waals surface area contributed by atoms with Gasteiger partial charge in [-0.2, -0.15) is 0 Å². The van der Waals surface area contributed by atoms with Crippen molar-refractivity contribution in [3.63, 3.8) is 0 Å². The molecule has 1 aliphatic carbocycles. The van der Waals surface area contributed by atoms with Crippen molar-refractivity contribution in [3.8, 4) is 0 Å². The molecule has 1 heterocycles. The average Bonchev–Trinajstić information content (AvgIpc) is 2.47. The maximum atomic E-state index is 5.97. The summed E-state index contributed by atoms with van der Waals surface area (Å²) in [7, 11) is 0. The van der Waals surface area contributed by atoms with Gasteiger partial charge in [-0.3, -0.25) is 9.80 Å². The molecule has 0 aromatic carbocycles. The Balaban J connectivity index is 1.51. The van der Waals surface area contributed by atoms with Crippen LogP contribution in [-0.4, -0.2) is 73.5 Å². The summed E-state index contributed by atoms with van der Waals surface area (Å²) in [5, 5.41) is 0. The van der Waals surface area contributed by atoms with Crippen molar-refractivity contribution < 1.29 is 9.47 Å². The van der Waals surface area contributed by atoms with Gasteiger partial charge in [-0.05, 0) is 39.5 Å². The lowest BCUT2D eigenvalue weighted by Crippen LogP contribution is -2.51. The zero-order valence-electron chi connectivity index (χ0n) is 15.1. The zero-order chi connectivity index (χ0) is 15.9. The summed E-state index contributed by atoms with van der Waals surface area (Å²) >= 11 is 0. The lowest BCUT2D eigenvalue weighted by molar-refractivity contribution is -0.120. The Hall–Kier alpha value is -0.160. The van der Waals surface area contributed by atoms with Crippen LogP contribution in [0.1, 0.15) is 53.4 Å². The van der Waals surface area contributed by atoms with Crippen LogP contribution in [0.2, 0.25) is 0 Å². The molecule has 0 spiro atoms. The second-order valence-corrected chi connectivity index (χ2v) is 7.12. The van der Waals surface area contributed by atoms with Gasteiger partial charge in [-0.15, -0.1) is 0 Å². The van der Waals surface area contributed by atoms with Gasteiger partial charge in [0, 0.05) is 38.8 Å². The van der Waals surface area contributed by atoms with Gasteiger partial charge >= 0.3 is 0 Å². The zero-order valence-corrected chi connectivity index (χ0v) is 15.1. The number of hydrogen-bond donors (Lipinski definition) is 0. The Morgan fingerprint density at radius 3 is 2.14 bits per heavy atom. The molecule has 2 fully saturated rings. The first-order valence-electron chi connectivity index (χ1n) is 9.35. The molecule has 0 unspecified atom stereocenters. The number of piperazine rings is 1. The van der Waals surface area contributed by atoms with Crippen molar-refractivity contribution in [1.82, 2.24) is 9.80 Å². The van der Waals surface area contributed by atoms with Crippen LogP contribution in [0.4, 0.5) is 0 Å². The van der Waals surface area contributed by atoms with E-state index in [9.17, 15) is 0 Å². The standard InChI is InChI=1S/C18H36N2O2/c1-5-16(6-2)20-9-7-19(8-10-20)11-12-21-17-13-18(14-17)22-15(3)4/h15-18H,5-14H2,1-4H3. The van der Waals surface area contributed by atoms with Gasteiger partial charge in [0.05, 0.1) is 24.9 Å². The molecule has 4 heteroatoms. The number of ether oxygens (including phenoxy) is 2. The highest BCUT2D eigenvalue weighted by Gasteiger charge is 2.31. The smallest absolute Gasteiger partial charge is 0.0628 e. The second-order valence-electron chi connectivity index (χ2n) is 7.12. The highest BCUT2D eigenvalue weighted by Crippen LogP contribution is 2.27. The van der Waals surface area contributed by atoms with E-state index in [0.717, 1.165) is 32.0 Å². The molecule has 2 rings (SSSR count). The van der Waals surface area contributed by atoms with E-state index in [2.05, 4.69) is 37.5 Å². The summed E-state index contributed by atoms with van der Waals surface area (Å²) in [6, 6.07) is 0.784. The fourth-order valence-corrected chi connectivity index (χ4v) is 3.66. The lowest BCUT2D eigenvalue weighted by Gasteiger charge is -2.39. The fraction of sp³-hybridized carbons (Fsp3) is 1.00. The van der Waals surface area contributed by atoms with Crippen molar-refractivity contribution in [1.29, 1.82) is 0 Å². The molecule has 4 nitrogen and oxygen atoms in total. The maximum Gasteiger partial charge on any atom is 0.0628 e. The monoisotopic (exact) mass is 312 g/mol. The first kappa shape index (κ1) is 18.2. The third kappa shape index (κ3) is 5.48. The molecule has 1 saturated heterocycles. The lowest BCUT2D eigenvalue weighted by atomic mass is 9.92. The maximum absolute atomic E-state index is 5.97. The van der Waals surface area contributed by atoms with Crippen molar-refractivity contribution in [3.05, 3.63) is 0 Å². The van der Waals surface area contributed by atoms with Crippen molar-refractivity contribution in [2.24, 2.45) is 0 Å². The Morgan fingerprint density at radius 1 is 0.955 bits per heavy atom. The number of nitrogens with zero attached hydrogens (tertiary/aromatic N) is 2. The third-order valence-electron chi connectivity index (χ3n) is 5.14. The molecule has 0 aromatic heterocycles. The van der Waals surface area contributed by atoms with E-state index < -0.39 is 0 Å². The summed E-state index contributed by atoms with van der Waals surface area (Å²) in [5.74, 6) is 0. The first-order valence-corrected chi connectivity index (χ1v) is 9.35. The molecule has 1 aliphatic heterocycles. The Labute approximate surface area is 137 Å². The predicted molar refractivity (Wildman–Crippen MR) is 91.4 cm³/mol. The predicted octanol–water partition coefficient (Wildman–Crippen LogP) is 2.77. The summed E-state index contributed by atoms with van der Waals surface area (Å²) in [5.41, 5.74) is 0. The largest absolute Gasteiger partial charge is 0.377 e. The molecule has 22 heavy (non-hydrogen) atoms. The van der Waals surface area contributed by atoms with Gasteiger partial charge in [-0.1, -0.05) is 13.8 Å². The van der Waals surface area contributed by atoms with Gasteiger partial charge in [0.25, 0.3) is 0 Å². The minimum Gasteiger partial charge on any atom is -0.377 e. The second kappa shape index (κ2) is 9.21. The van der Waals surface area contributed by atoms with Crippen molar-refractivity contribution in [2.75, 3.05) is 39.3 Å². The summed E-state index contributed by atoms with van der Waals surface area (Å²) in [6.45, 7) is 15.6. The minimum absolute atomic E-state index is 0.345. The molecule has 1 saturated carbocycles.